The molecule has 1 saturated heterocycles. The Labute approximate surface area is 215 Å². The van der Waals surface area contributed by atoms with E-state index in [1.165, 1.54) is 7.05 Å². The second-order valence-corrected chi connectivity index (χ2v) is 12.5. The third kappa shape index (κ3) is 4.93. The fraction of sp³-hybridized carbons (Fsp3) is 0.500. The van der Waals surface area contributed by atoms with Crippen molar-refractivity contribution >= 4 is 32.8 Å². The van der Waals surface area contributed by atoms with Gasteiger partial charge in [0.2, 0.25) is 5.91 Å². The van der Waals surface area contributed by atoms with Crippen LogP contribution in [0.2, 0.25) is 0 Å². The Bertz CT molecular complexity index is 1420. The van der Waals surface area contributed by atoms with E-state index < -0.39 is 33.6 Å². The molecule has 1 aromatic carbocycles. The number of carbonyl (C=O) groups is 1. The number of amides is 1. The molecule has 5 rings (SSSR count). The predicted octanol–water partition coefficient (Wildman–Crippen LogP) is 4.10. The van der Waals surface area contributed by atoms with Gasteiger partial charge in [-0.1, -0.05) is 12.1 Å². The van der Waals surface area contributed by atoms with Crippen molar-refractivity contribution in [2.45, 2.75) is 51.5 Å². The van der Waals surface area contributed by atoms with Gasteiger partial charge in [0, 0.05) is 38.2 Å². The van der Waals surface area contributed by atoms with Gasteiger partial charge in [-0.15, -0.1) is 0 Å². The van der Waals surface area contributed by atoms with Crippen molar-refractivity contribution in [3.8, 4) is 0 Å². The molecule has 3 aromatic rings. The van der Waals surface area contributed by atoms with Gasteiger partial charge < -0.3 is 9.80 Å². The molecule has 1 atom stereocenters. The second kappa shape index (κ2) is 9.34. The van der Waals surface area contributed by atoms with Crippen LogP contribution in [0.3, 0.4) is 0 Å². The molecule has 2 aliphatic rings. The standard InChI is InChI=1S/C26H31F2N5O3S/c1-17-15-23-29-16-22-21(33(23)30-17)5-4-12-32(22)20-8-6-18(7-9-20)24(26(2,27)28)31(3)25(34)19-10-13-37(35,36)14-11-19/h6-9,15-16,19,24H,4-5,10-14H2,1-3H3/t24-/m0/s1. The molecule has 8 nitrogen and oxygen atoms in total. The summed E-state index contributed by atoms with van der Waals surface area (Å²) in [5.74, 6) is -4.39. The summed E-state index contributed by atoms with van der Waals surface area (Å²) in [6.07, 6.45) is 3.94. The number of fused-ring (bicyclic) bond motifs is 3. The molecular weight excluding hydrogens is 500 g/mol. The average molecular weight is 532 g/mol. The Morgan fingerprint density at radius 2 is 1.86 bits per heavy atom. The first-order valence-corrected chi connectivity index (χ1v) is 14.3. The molecule has 0 saturated carbocycles. The van der Waals surface area contributed by atoms with Crippen molar-refractivity contribution < 1.29 is 22.0 Å². The Hall–Kier alpha value is -3.08. The van der Waals surface area contributed by atoms with Gasteiger partial charge in [-0.25, -0.2) is 26.7 Å². The Morgan fingerprint density at radius 3 is 2.51 bits per heavy atom. The molecule has 0 N–H and O–H groups in total. The fourth-order valence-corrected chi connectivity index (χ4v) is 7.08. The average Bonchev–Trinajstić information content (AvgIpc) is 3.24. The number of benzene rings is 1. The van der Waals surface area contributed by atoms with Gasteiger partial charge in [0.15, 0.2) is 5.65 Å². The summed E-state index contributed by atoms with van der Waals surface area (Å²) in [7, 11) is -1.78. The summed E-state index contributed by atoms with van der Waals surface area (Å²) in [6.45, 7) is 3.50. The third-order valence-electron chi connectivity index (χ3n) is 7.41. The van der Waals surface area contributed by atoms with E-state index in [1.807, 2.05) is 23.7 Å². The molecular formula is C26H31F2N5O3S. The van der Waals surface area contributed by atoms with Crippen LogP contribution in [0.4, 0.5) is 20.2 Å². The van der Waals surface area contributed by atoms with Crippen LogP contribution in [0.5, 0.6) is 0 Å². The number of carbonyl (C=O) groups excluding carboxylic acids is 1. The molecule has 1 fully saturated rings. The zero-order chi connectivity index (χ0) is 26.5. The Kier molecular flexibility index (Phi) is 6.45. The molecule has 198 valence electrons. The van der Waals surface area contributed by atoms with Crippen LogP contribution < -0.4 is 4.90 Å². The summed E-state index contributed by atoms with van der Waals surface area (Å²) >= 11 is 0. The first-order chi connectivity index (χ1) is 17.4. The van der Waals surface area contributed by atoms with Crippen LogP contribution >= 0.6 is 0 Å². The maximum absolute atomic E-state index is 14.9. The first-order valence-electron chi connectivity index (χ1n) is 12.5. The number of aryl methyl sites for hydroxylation is 2. The molecule has 0 unspecified atom stereocenters. The van der Waals surface area contributed by atoms with Crippen LogP contribution in [-0.4, -0.2) is 64.8 Å². The highest BCUT2D eigenvalue weighted by Crippen LogP contribution is 2.39. The van der Waals surface area contributed by atoms with Crippen LogP contribution in [0.15, 0.2) is 36.5 Å². The van der Waals surface area contributed by atoms with Gasteiger partial charge >= 0.3 is 0 Å². The molecule has 11 heteroatoms. The summed E-state index contributed by atoms with van der Waals surface area (Å²) < 4.78 is 55.1. The minimum atomic E-state index is -3.20. The first kappa shape index (κ1) is 25.6. The van der Waals surface area contributed by atoms with Gasteiger partial charge in [-0.2, -0.15) is 5.10 Å². The summed E-state index contributed by atoms with van der Waals surface area (Å²) in [5, 5.41) is 4.57. The number of sulfone groups is 1. The maximum Gasteiger partial charge on any atom is 0.269 e. The largest absolute Gasteiger partial charge is 0.339 e. The number of hydrogen-bond donors (Lipinski definition) is 0. The molecule has 4 heterocycles. The zero-order valence-electron chi connectivity index (χ0n) is 21.2. The van der Waals surface area contributed by atoms with Crippen molar-refractivity contribution in [2.24, 2.45) is 5.92 Å². The van der Waals surface area contributed by atoms with Crippen LogP contribution in [0.25, 0.3) is 5.65 Å². The number of alkyl halides is 2. The molecule has 2 aliphatic heterocycles. The lowest BCUT2D eigenvalue weighted by atomic mass is 9.95. The van der Waals surface area contributed by atoms with Crippen molar-refractivity contribution in [3.05, 3.63) is 53.5 Å². The molecule has 0 spiro atoms. The number of anilines is 2. The zero-order valence-corrected chi connectivity index (χ0v) is 22.0. The molecule has 0 bridgehead atoms. The number of aromatic nitrogens is 3. The normalized spacial score (nSPS) is 19.0. The van der Waals surface area contributed by atoms with E-state index in [-0.39, 0.29) is 24.3 Å². The quantitative estimate of drug-likeness (QED) is 0.493. The highest BCUT2D eigenvalue weighted by atomic mass is 32.2. The number of hydrogen-bond acceptors (Lipinski definition) is 6. The smallest absolute Gasteiger partial charge is 0.269 e. The molecule has 37 heavy (non-hydrogen) atoms. The van der Waals surface area contributed by atoms with E-state index >= 15 is 0 Å². The maximum atomic E-state index is 14.9. The monoisotopic (exact) mass is 531 g/mol. The third-order valence-corrected chi connectivity index (χ3v) is 9.12. The fourth-order valence-electron chi connectivity index (χ4n) is 5.58. The van der Waals surface area contributed by atoms with E-state index in [1.54, 1.807) is 24.3 Å². The van der Waals surface area contributed by atoms with E-state index in [0.717, 1.165) is 59.6 Å². The second-order valence-electron chi connectivity index (χ2n) is 10.2. The van der Waals surface area contributed by atoms with E-state index in [4.69, 9.17) is 0 Å². The van der Waals surface area contributed by atoms with Crippen LogP contribution in [0.1, 0.15) is 49.2 Å². The Morgan fingerprint density at radius 1 is 1.19 bits per heavy atom. The number of rotatable bonds is 5. The SMILES string of the molecule is Cc1cc2ncc3c(n2n1)CCCN3c1ccc([C@H](N(C)C(=O)C2CCS(=O)(=O)CC2)C(C)(F)F)cc1. The molecule has 0 aliphatic carbocycles. The highest BCUT2D eigenvalue weighted by Gasteiger charge is 2.42. The Balaban J connectivity index is 1.41. The summed E-state index contributed by atoms with van der Waals surface area (Å²) in [6, 6.07) is 7.36. The minimum absolute atomic E-state index is 0.0876. The minimum Gasteiger partial charge on any atom is -0.339 e. The molecule has 2 aromatic heterocycles. The van der Waals surface area contributed by atoms with Gasteiger partial charge in [-0.05, 0) is 50.3 Å². The molecule has 1 amide bonds. The lowest BCUT2D eigenvalue weighted by Gasteiger charge is -2.36. The lowest BCUT2D eigenvalue weighted by Crippen LogP contribution is -2.44. The van der Waals surface area contributed by atoms with Crippen LogP contribution in [-0.2, 0) is 21.1 Å². The van der Waals surface area contributed by atoms with Crippen molar-refractivity contribution in [3.63, 3.8) is 0 Å². The van der Waals surface area contributed by atoms with Gasteiger partial charge in [0.1, 0.15) is 15.9 Å². The van der Waals surface area contributed by atoms with Gasteiger partial charge in [0.25, 0.3) is 5.92 Å². The van der Waals surface area contributed by atoms with Crippen molar-refractivity contribution in [2.75, 3.05) is 30.0 Å². The topological polar surface area (TPSA) is 87.9 Å². The lowest BCUT2D eigenvalue weighted by molar-refractivity contribution is -0.146. The highest BCUT2D eigenvalue weighted by molar-refractivity contribution is 7.91. The van der Waals surface area contributed by atoms with Gasteiger partial charge in [-0.3, -0.25) is 4.79 Å². The van der Waals surface area contributed by atoms with Crippen molar-refractivity contribution in [1.82, 2.24) is 19.5 Å². The van der Waals surface area contributed by atoms with Crippen LogP contribution in [0, 0.1) is 12.8 Å². The summed E-state index contributed by atoms with van der Waals surface area (Å²) in [5.41, 5.74) is 4.85. The molecule has 0 radical (unpaired) electrons. The summed E-state index contributed by atoms with van der Waals surface area (Å²) in [4.78, 5) is 20.9. The van der Waals surface area contributed by atoms with E-state index in [2.05, 4.69) is 15.0 Å². The number of nitrogens with zero attached hydrogens (tertiary/aromatic N) is 5. The number of halogens is 2. The van der Waals surface area contributed by atoms with E-state index in [0.29, 0.717) is 5.56 Å². The van der Waals surface area contributed by atoms with Gasteiger partial charge in [0.05, 0.1) is 34.8 Å². The predicted molar refractivity (Wildman–Crippen MR) is 137 cm³/mol. The van der Waals surface area contributed by atoms with E-state index in [9.17, 15) is 22.0 Å². The van der Waals surface area contributed by atoms with Crippen molar-refractivity contribution in [1.29, 1.82) is 0 Å².